The van der Waals surface area contributed by atoms with Crippen molar-refractivity contribution in [3.8, 4) is 62.2 Å². The van der Waals surface area contributed by atoms with Gasteiger partial charge in [0.05, 0.1) is 16.7 Å². The Morgan fingerprint density at radius 2 is 0.964 bits per heavy atom. The summed E-state index contributed by atoms with van der Waals surface area (Å²) in [6.07, 6.45) is 1.96. The van der Waals surface area contributed by atoms with Gasteiger partial charge in [0.15, 0.2) is 17.5 Å². The van der Waals surface area contributed by atoms with E-state index >= 15 is 0 Å². The van der Waals surface area contributed by atoms with E-state index in [-0.39, 0.29) is 0 Å². The lowest BCUT2D eigenvalue weighted by Gasteiger charge is -2.13. The van der Waals surface area contributed by atoms with Gasteiger partial charge in [-0.05, 0) is 54.1 Å². The minimum absolute atomic E-state index is 0.573. The van der Waals surface area contributed by atoms with Gasteiger partial charge in [0.25, 0.3) is 0 Å². The molecule has 0 amide bonds. The van der Waals surface area contributed by atoms with Gasteiger partial charge in [-0.15, -0.1) is 11.3 Å². The largest absolute Gasteiger partial charge is 0.309 e. The van der Waals surface area contributed by atoms with E-state index in [1.165, 1.54) is 42.0 Å². The van der Waals surface area contributed by atoms with Gasteiger partial charge in [-0.2, -0.15) is 0 Å². The second-order valence-corrected chi connectivity index (χ2v) is 15.0. The summed E-state index contributed by atoms with van der Waals surface area (Å²) >= 11 is 1.83. The van der Waals surface area contributed by atoms with E-state index in [1.807, 2.05) is 84.3 Å². The van der Waals surface area contributed by atoms with Crippen molar-refractivity contribution in [1.82, 2.24) is 24.5 Å². The molecule has 262 valence electrons. The summed E-state index contributed by atoms with van der Waals surface area (Å²) in [6.45, 7) is 0. The molecule has 5 nitrogen and oxygen atoms in total. The Kier molecular flexibility index (Phi) is 7.60. The average molecular weight is 734 g/mol. The fourth-order valence-corrected chi connectivity index (χ4v) is 8.93. The molecule has 6 heteroatoms. The Morgan fingerprint density at radius 3 is 1.66 bits per heavy atom. The van der Waals surface area contributed by atoms with Crippen LogP contribution in [0.15, 0.2) is 188 Å². The molecule has 0 radical (unpaired) electrons. The van der Waals surface area contributed by atoms with Crippen molar-refractivity contribution >= 4 is 53.3 Å². The molecule has 0 saturated heterocycles. The fraction of sp³-hybridized carbons (Fsp3) is 0. The molecule has 4 heterocycles. The van der Waals surface area contributed by atoms with Crippen LogP contribution < -0.4 is 0 Å². The molecule has 0 saturated carbocycles. The van der Waals surface area contributed by atoms with Crippen LogP contribution in [0.2, 0.25) is 0 Å². The number of hydrogen-bond acceptors (Lipinski definition) is 5. The number of para-hydroxylation sites is 2. The smallest absolute Gasteiger partial charge is 0.166 e. The first-order valence-corrected chi connectivity index (χ1v) is 19.4. The van der Waals surface area contributed by atoms with Gasteiger partial charge >= 0.3 is 0 Å². The van der Waals surface area contributed by atoms with Crippen molar-refractivity contribution in [3.63, 3.8) is 0 Å². The summed E-state index contributed by atoms with van der Waals surface area (Å²) in [5.74, 6) is 1.80. The van der Waals surface area contributed by atoms with Crippen LogP contribution in [0.3, 0.4) is 0 Å². The minimum Gasteiger partial charge on any atom is -0.309 e. The molecular formula is C50H31N5S. The molecule has 11 rings (SSSR count). The lowest BCUT2D eigenvalue weighted by Crippen LogP contribution is -2.02. The number of hydrogen-bond donors (Lipinski definition) is 0. The van der Waals surface area contributed by atoms with Crippen molar-refractivity contribution in [2.24, 2.45) is 0 Å². The van der Waals surface area contributed by atoms with Crippen LogP contribution in [0.25, 0.3) is 104 Å². The van der Waals surface area contributed by atoms with E-state index in [4.69, 9.17) is 19.9 Å². The van der Waals surface area contributed by atoms with Crippen LogP contribution in [-0.2, 0) is 0 Å². The maximum absolute atomic E-state index is 5.21. The first-order chi connectivity index (χ1) is 27.7. The Labute approximate surface area is 326 Å². The van der Waals surface area contributed by atoms with E-state index in [2.05, 4.69) is 120 Å². The van der Waals surface area contributed by atoms with Crippen LogP contribution in [0, 0.1) is 0 Å². The van der Waals surface area contributed by atoms with Gasteiger partial charge in [-0.3, -0.25) is 4.98 Å². The quantitative estimate of drug-likeness (QED) is 0.171. The molecule has 0 N–H and O–H groups in total. The van der Waals surface area contributed by atoms with E-state index in [1.54, 1.807) is 0 Å². The van der Waals surface area contributed by atoms with Crippen LogP contribution in [0.4, 0.5) is 0 Å². The SMILES string of the molecule is c1ccc(-c2cnc(-c3ccc4sc5cc6c(cc5c4c3)c3ccccc3n6-c3ccccc3)c(-c3nc(-c4ccccc4)nc(-c4ccccc4)n3)c2)cc1. The molecule has 11 aromatic rings. The molecule has 0 fully saturated rings. The highest BCUT2D eigenvalue weighted by molar-refractivity contribution is 7.25. The van der Waals surface area contributed by atoms with Gasteiger partial charge in [0.2, 0.25) is 0 Å². The van der Waals surface area contributed by atoms with Crippen molar-refractivity contribution < 1.29 is 0 Å². The molecule has 0 aliphatic rings. The normalized spacial score (nSPS) is 11.6. The Balaban J connectivity index is 1.14. The second-order valence-electron chi connectivity index (χ2n) is 13.9. The molecule has 0 aliphatic carbocycles. The molecule has 0 aliphatic heterocycles. The summed E-state index contributed by atoms with van der Waals surface area (Å²) in [4.78, 5) is 20.5. The van der Waals surface area contributed by atoms with Crippen LogP contribution in [-0.4, -0.2) is 24.5 Å². The molecule has 7 aromatic carbocycles. The highest BCUT2D eigenvalue weighted by atomic mass is 32.1. The number of aromatic nitrogens is 5. The zero-order valence-corrected chi connectivity index (χ0v) is 30.9. The summed E-state index contributed by atoms with van der Waals surface area (Å²) in [5.41, 5.74) is 10.1. The van der Waals surface area contributed by atoms with Crippen molar-refractivity contribution in [2.75, 3.05) is 0 Å². The van der Waals surface area contributed by atoms with Crippen LogP contribution >= 0.6 is 11.3 Å². The third-order valence-corrected chi connectivity index (χ3v) is 11.6. The Morgan fingerprint density at radius 1 is 0.375 bits per heavy atom. The zero-order chi connectivity index (χ0) is 37.0. The summed E-state index contributed by atoms with van der Waals surface area (Å²) in [6, 6.07) is 63.5. The van der Waals surface area contributed by atoms with E-state index in [9.17, 15) is 0 Å². The van der Waals surface area contributed by atoms with Crippen molar-refractivity contribution in [3.05, 3.63) is 188 Å². The predicted molar refractivity (Wildman–Crippen MR) is 232 cm³/mol. The first kappa shape index (κ1) is 32.2. The summed E-state index contributed by atoms with van der Waals surface area (Å²) in [5, 5.41) is 4.91. The summed E-state index contributed by atoms with van der Waals surface area (Å²) < 4.78 is 4.86. The van der Waals surface area contributed by atoms with Crippen molar-refractivity contribution in [2.45, 2.75) is 0 Å². The highest BCUT2D eigenvalue weighted by Crippen LogP contribution is 2.43. The molecule has 0 bridgehead atoms. The Bertz CT molecular complexity index is 3170. The van der Waals surface area contributed by atoms with Crippen LogP contribution in [0.1, 0.15) is 0 Å². The number of benzene rings is 7. The van der Waals surface area contributed by atoms with E-state index < -0.39 is 0 Å². The molecular weight excluding hydrogens is 703 g/mol. The van der Waals surface area contributed by atoms with Gasteiger partial charge < -0.3 is 4.57 Å². The highest BCUT2D eigenvalue weighted by Gasteiger charge is 2.20. The maximum Gasteiger partial charge on any atom is 0.166 e. The number of thiophene rings is 1. The van der Waals surface area contributed by atoms with Crippen LogP contribution in [0.5, 0.6) is 0 Å². The van der Waals surface area contributed by atoms with Gasteiger partial charge in [0.1, 0.15) is 0 Å². The zero-order valence-electron chi connectivity index (χ0n) is 30.0. The van der Waals surface area contributed by atoms with E-state index in [0.29, 0.717) is 17.5 Å². The standard InChI is InChI=1S/C50H31N5S/c1-5-15-32(16-6-1)36-28-42(50-53-48(33-17-7-2-8-18-33)52-49(54-50)34-19-9-3-10-20-34)47(51-31-36)35-25-26-45-40(27-35)41-29-39-38-23-13-14-24-43(38)55(37-21-11-4-12-22-37)44(39)30-46(41)56-45/h1-31H. The molecule has 0 unspecified atom stereocenters. The third kappa shape index (κ3) is 5.46. The number of rotatable bonds is 6. The first-order valence-electron chi connectivity index (χ1n) is 18.6. The van der Waals surface area contributed by atoms with E-state index in [0.717, 1.165) is 44.8 Å². The topological polar surface area (TPSA) is 56.5 Å². The van der Waals surface area contributed by atoms with Crippen molar-refractivity contribution in [1.29, 1.82) is 0 Å². The van der Waals surface area contributed by atoms with Gasteiger partial charge in [-0.25, -0.2) is 15.0 Å². The molecule has 0 spiro atoms. The number of nitrogens with zero attached hydrogens (tertiary/aromatic N) is 5. The lowest BCUT2D eigenvalue weighted by atomic mass is 9.98. The molecule has 4 aromatic heterocycles. The summed E-state index contributed by atoms with van der Waals surface area (Å²) in [7, 11) is 0. The third-order valence-electron chi connectivity index (χ3n) is 10.5. The average Bonchev–Trinajstić information content (AvgIpc) is 3.80. The van der Waals surface area contributed by atoms with Gasteiger partial charge in [-0.1, -0.05) is 133 Å². The lowest BCUT2D eigenvalue weighted by molar-refractivity contribution is 1.07. The fourth-order valence-electron chi connectivity index (χ4n) is 7.82. The predicted octanol–water partition coefficient (Wildman–Crippen LogP) is 13.1. The molecule has 0 atom stereocenters. The van der Waals surface area contributed by atoms with Gasteiger partial charge in [0, 0.05) is 70.6 Å². The maximum atomic E-state index is 5.21. The molecule has 56 heavy (non-hydrogen) atoms. The number of pyridine rings is 1. The minimum atomic E-state index is 0.573. The second kappa shape index (κ2) is 13.2. The monoisotopic (exact) mass is 733 g/mol. The Hall–Kier alpha value is -7.28. The number of fused-ring (bicyclic) bond motifs is 6.